The topological polar surface area (TPSA) is 73.0 Å². The maximum Gasteiger partial charge on any atom is 0.294 e. The molecule has 0 saturated carbocycles. The first-order valence-electron chi connectivity index (χ1n) is 6.69. The van der Waals surface area contributed by atoms with Gasteiger partial charge in [0.15, 0.2) is 0 Å². The van der Waals surface area contributed by atoms with Crippen LogP contribution >= 0.6 is 0 Å². The van der Waals surface area contributed by atoms with Gasteiger partial charge in [0.05, 0.1) is 10.6 Å². The second kappa shape index (κ2) is 4.63. The van der Waals surface area contributed by atoms with Gasteiger partial charge in [0.2, 0.25) is 0 Å². The fourth-order valence-electron chi connectivity index (χ4n) is 2.64. The average molecular weight is 272 g/mol. The first-order chi connectivity index (χ1) is 9.59. The Hall–Kier alpha value is -2.37. The highest BCUT2D eigenvalue weighted by molar-refractivity contribution is 5.62. The van der Waals surface area contributed by atoms with E-state index in [1.54, 1.807) is 22.9 Å². The van der Waals surface area contributed by atoms with Gasteiger partial charge < -0.3 is 5.32 Å². The lowest BCUT2D eigenvalue weighted by Crippen LogP contribution is -2.07. The Bertz CT molecular complexity index is 676. The zero-order chi connectivity index (χ0) is 14.3. The third kappa shape index (κ3) is 1.84. The molecular weight excluding hydrogens is 256 g/mol. The summed E-state index contributed by atoms with van der Waals surface area (Å²) in [5.74, 6) is 1.19. The highest BCUT2D eigenvalue weighted by Crippen LogP contribution is 2.34. The van der Waals surface area contributed by atoms with Crippen molar-refractivity contribution in [3.8, 4) is 5.69 Å². The molecule has 0 fully saturated rings. The van der Waals surface area contributed by atoms with Gasteiger partial charge in [-0.15, -0.1) is 0 Å². The van der Waals surface area contributed by atoms with E-state index in [1.807, 2.05) is 0 Å². The van der Waals surface area contributed by atoms with Crippen LogP contribution in [0.25, 0.3) is 5.69 Å². The van der Waals surface area contributed by atoms with Crippen LogP contribution in [0.15, 0.2) is 24.3 Å². The Morgan fingerprint density at radius 2 is 2.15 bits per heavy atom. The number of rotatable bonds is 3. The lowest BCUT2D eigenvalue weighted by molar-refractivity contribution is -0.384. The number of hydrogen-bond donors (Lipinski definition) is 1. The molecule has 3 rings (SSSR count). The van der Waals surface area contributed by atoms with E-state index >= 15 is 0 Å². The van der Waals surface area contributed by atoms with Crippen molar-refractivity contribution in [1.82, 2.24) is 9.78 Å². The average Bonchev–Trinajstić information content (AvgIpc) is 2.99. The number of hydrogen-bond acceptors (Lipinski definition) is 4. The molecule has 0 bridgehead atoms. The first kappa shape index (κ1) is 12.7. The standard InChI is InChI=1S/C14H16N4O2/c1-9(2)13-10-7-8-15-14(10)17(16-13)11-5-3-4-6-12(11)18(19)20/h3-6,9,15H,7-8H2,1-2H3. The second-order valence-electron chi connectivity index (χ2n) is 5.20. The second-order valence-corrected chi connectivity index (χ2v) is 5.20. The zero-order valence-electron chi connectivity index (χ0n) is 11.5. The fourth-order valence-corrected chi connectivity index (χ4v) is 2.64. The van der Waals surface area contributed by atoms with Crippen LogP contribution in [0, 0.1) is 10.1 Å². The molecule has 6 heteroatoms. The normalized spacial score (nSPS) is 13.3. The molecule has 0 amide bonds. The molecule has 1 N–H and O–H groups in total. The van der Waals surface area contributed by atoms with Gasteiger partial charge in [-0.1, -0.05) is 26.0 Å². The van der Waals surface area contributed by atoms with Crippen LogP contribution in [0.2, 0.25) is 0 Å². The van der Waals surface area contributed by atoms with Crippen LogP contribution in [0.5, 0.6) is 0 Å². The molecule has 0 saturated heterocycles. The molecule has 6 nitrogen and oxygen atoms in total. The summed E-state index contributed by atoms with van der Waals surface area (Å²) in [6, 6.07) is 6.70. The molecule has 1 aromatic heterocycles. The quantitative estimate of drug-likeness (QED) is 0.688. The molecule has 20 heavy (non-hydrogen) atoms. The lowest BCUT2D eigenvalue weighted by atomic mass is 10.1. The van der Waals surface area contributed by atoms with Crippen molar-refractivity contribution in [2.24, 2.45) is 0 Å². The van der Waals surface area contributed by atoms with Crippen molar-refractivity contribution in [2.75, 3.05) is 11.9 Å². The Kier molecular flexibility index (Phi) is 2.93. The summed E-state index contributed by atoms with van der Waals surface area (Å²) < 4.78 is 1.68. The number of para-hydroxylation sites is 2. The summed E-state index contributed by atoms with van der Waals surface area (Å²) in [4.78, 5) is 10.8. The molecule has 1 aromatic carbocycles. The number of aromatic nitrogens is 2. The highest BCUT2D eigenvalue weighted by Gasteiger charge is 2.27. The summed E-state index contributed by atoms with van der Waals surface area (Å²) in [5.41, 5.74) is 2.78. The minimum atomic E-state index is -0.368. The molecule has 2 heterocycles. The predicted molar refractivity (Wildman–Crippen MR) is 76.5 cm³/mol. The molecule has 0 spiro atoms. The number of nitrogens with one attached hydrogen (secondary N) is 1. The fraction of sp³-hybridized carbons (Fsp3) is 0.357. The minimum absolute atomic E-state index is 0.0711. The van der Waals surface area contributed by atoms with Crippen LogP contribution < -0.4 is 5.32 Å². The summed E-state index contributed by atoms with van der Waals surface area (Å²) >= 11 is 0. The predicted octanol–water partition coefficient (Wildman–Crippen LogP) is 2.87. The van der Waals surface area contributed by atoms with Crippen LogP contribution in [0.3, 0.4) is 0 Å². The third-order valence-corrected chi connectivity index (χ3v) is 3.54. The van der Waals surface area contributed by atoms with Crippen molar-refractivity contribution in [3.05, 3.63) is 45.6 Å². The summed E-state index contributed by atoms with van der Waals surface area (Å²) in [7, 11) is 0. The molecule has 2 aromatic rings. The summed E-state index contributed by atoms with van der Waals surface area (Å²) in [6.45, 7) is 5.03. The molecule has 0 unspecified atom stereocenters. The Balaban J connectivity index is 2.21. The molecular formula is C14H16N4O2. The van der Waals surface area contributed by atoms with Crippen molar-refractivity contribution in [3.63, 3.8) is 0 Å². The smallest absolute Gasteiger partial charge is 0.294 e. The monoisotopic (exact) mass is 272 g/mol. The number of benzene rings is 1. The van der Waals surface area contributed by atoms with Gasteiger partial charge in [-0.3, -0.25) is 10.1 Å². The molecule has 104 valence electrons. The molecule has 0 aliphatic carbocycles. The maximum atomic E-state index is 11.2. The Morgan fingerprint density at radius 1 is 1.40 bits per heavy atom. The molecule has 1 aliphatic heterocycles. The van der Waals surface area contributed by atoms with E-state index in [2.05, 4.69) is 24.3 Å². The van der Waals surface area contributed by atoms with E-state index in [-0.39, 0.29) is 10.6 Å². The van der Waals surface area contributed by atoms with E-state index in [4.69, 9.17) is 0 Å². The van der Waals surface area contributed by atoms with Gasteiger partial charge >= 0.3 is 0 Å². The van der Waals surface area contributed by atoms with Crippen molar-refractivity contribution in [2.45, 2.75) is 26.2 Å². The largest absolute Gasteiger partial charge is 0.369 e. The van der Waals surface area contributed by atoms with Crippen LogP contribution in [-0.4, -0.2) is 21.2 Å². The SMILES string of the molecule is CC(C)c1nn(-c2ccccc2[N+](=O)[O-])c2c1CCN2. The number of fused-ring (bicyclic) bond motifs is 1. The first-order valence-corrected chi connectivity index (χ1v) is 6.69. The number of nitro groups is 1. The number of nitrogens with zero attached hydrogens (tertiary/aromatic N) is 3. The zero-order valence-corrected chi connectivity index (χ0v) is 11.5. The van der Waals surface area contributed by atoms with Crippen LogP contribution in [0.1, 0.15) is 31.0 Å². The summed E-state index contributed by atoms with van der Waals surface area (Å²) in [6.07, 6.45) is 0.920. The minimum Gasteiger partial charge on any atom is -0.369 e. The van der Waals surface area contributed by atoms with Crippen molar-refractivity contribution >= 4 is 11.5 Å². The highest BCUT2D eigenvalue weighted by atomic mass is 16.6. The number of nitro benzene ring substituents is 1. The molecule has 0 atom stereocenters. The Morgan fingerprint density at radius 3 is 2.85 bits per heavy atom. The van der Waals surface area contributed by atoms with E-state index < -0.39 is 0 Å². The van der Waals surface area contributed by atoms with Crippen molar-refractivity contribution < 1.29 is 4.92 Å². The van der Waals surface area contributed by atoms with E-state index in [0.29, 0.717) is 11.6 Å². The van der Waals surface area contributed by atoms with E-state index in [1.165, 1.54) is 11.6 Å². The van der Waals surface area contributed by atoms with Gasteiger partial charge in [0.1, 0.15) is 11.5 Å². The maximum absolute atomic E-state index is 11.2. The molecule has 1 aliphatic rings. The third-order valence-electron chi connectivity index (χ3n) is 3.54. The van der Waals surface area contributed by atoms with Crippen LogP contribution in [0.4, 0.5) is 11.5 Å². The van der Waals surface area contributed by atoms with E-state index in [9.17, 15) is 10.1 Å². The Labute approximate surface area is 116 Å². The van der Waals surface area contributed by atoms with Gasteiger partial charge in [0.25, 0.3) is 5.69 Å². The van der Waals surface area contributed by atoms with Gasteiger partial charge in [-0.2, -0.15) is 5.10 Å². The van der Waals surface area contributed by atoms with Gasteiger partial charge in [-0.05, 0) is 18.4 Å². The molecule has 0 radical (unpaired) electrons. The van der Waals surface area contributed by atoms with Gasteiger partial charge in [-0.25, -0.2) is 4.68 Å². The number of anilines is 1. The van der Waals surface area contributed by atoms with Gasteiger partial charge in [0, 0.05) is 18.2 Å². The lowest BCUT2D eigenvalue weighted by Gasteiger charge is -2.07. The van der Waals surface area contributed by atoms with Crippen LogP contribution in [-0.2, 0) is 6.42 Å². The van der Waals surface area contributed by atoms with Crippen molar-refractivity contribution in [1.29, 1.82) is 0 Å². The van der Waals surface area contributed by atoms with E-state index in [0.717, 1.165) is 24.5 Å². The summed E-state index contributed by atoms with van der Waals surface area (Å²) in [5, 5.41) is 19.1.